The van der Waals surface area contributed by atoms with E-state index in [1.165, 1.54) is 0 Å². The molecule has 1 heterocycles. The van der Waals surface area contributed by atoms with Crippen molar-refractivity contribution in [3.8, 4) is 5.75 Å². The van der Waals surface area contributed by atoms with Gasteiger partial charge in [-0.3, -0.25) is 0 Å². The number of ether oxygens (including phenoxy) is 1. The predicted octanol–water partition coefficient (Wildman–Crippen LogP) is 1.54. The maximum absolute atomic E-state index is 12.6. The monoisotopic (exact) mass is 330 g/mol. The van der Waals surface area contributed by atoms with Crippen LogP contribution in [0.5, 0.6) is 5.75 Å². The number of piperidine rings is 1. The number of benzene rings is 1. The van der Waals surface area contributed by atoms with Crippen LogP contribution in [0.15, 0.2) is 29.2 Å². The summed E-state index contributed by atoms with van der Waals surface area (Å²) in [6, 6.07) is 6.52. The van der Waals surface area contributed by atoms with Crippen molar-refractivity contribution in [1.29, 1.82) is 0 Å². The molecule has 2 rings (SSSR count). The third-order valence-corrected chi connectivity index (χ3v) is 7.49. The molecule has 0 atom stereocenters. The molecule has 0 unspecified atom stereocenters. The molecule has 118 valence electrons. The summed E-state index contributed by atoms with van der Waals surface area (Å²) in [6.07, 6.45) is 3.63. The summed E-state index contributed by atoms with van der Waals surface area (Å²) in [5.41, 5.74) is 5.84. The molecule has 0 bridgehead atoms. The van der Waals surface area contributed by atoms with Crippen LogP contribution in [-0.4, -0.2) is 50.5 Å². The van der Waals surface area contributed by atoms with E-state index >= 15 is 0 Å². The van der Waals surface area contributed by atoms with Crippen LogP contribution in [0.1, 0.15) is 12.8 Å². The minimum absolute atomic E-state index is 0.0198. The van der Waals surface area contributed by atoms with Crippen molar-refractivity contribution in [2.75, 3.05) is 33.0 Å². The third kappa shape index (κ3) is 3.36. The second-order valence-electron chi connectivity index (χ2n) is 5.17. The highest BCUT2D eigenvalue weighted by Gasteiger charge is 2.37. The number of hydrogen-bond donors (Lipinski definition) is 1. The van der Waals surface area contributed by atoms with Crippen LogP contribution in [0.3, 0.4) is 0 Å². The van der Waals surface area contributed by atoms with Crippen LogP contribution in [0, 0.1) is 0 Å². The van der Waals surface area contributed by atoms with Gasteiger partial charge in [-0.2, -0.15) is 16.1 Å². The van der Waals surface area contributed by atoms with Gasteiger partial charge in [0.1, 0.15) is 5.75 Å². The molecule has 0 amide bonds. The average molecular weight is 330 g/mol. The topological polar surface area (TPSA) is 72.6 Å². The highest BCUT2D eigenvalue weighted by Crippen LogP contribution is 2.35. The Kier molecular flexibility index (Phi) is 5.19. The number of sulfonamides is 1. The predicted molar refractivity (Wildman–Crippen MR) is 86.3 cm³/mol. The van der Waals surface area contributed by atoms with Gasteiger partial charge < -0.3 is 10.5 Å². The zero-order valence-electron chi connectivity index (χ0n) is 12.4. The van der Waals surface area contributed by atoms with Gasteiger partial charge in [0.25, 0.3) is 0 Å². The van der Waals surface area contributed by atoms with E-state index in [1.807, 2.05) is 6.26 Å². The molecule has 7 heteroatoms. The van der Waals surface area contributed by atoms with Crippen LogP contribution < -0.4 is 10.5 Å². The SMILES string of the molecule is COc1ccc(S(=O)(=O)N2CCC(CN)(SC)CC2)cc1. The van der Waals surface area contributed by atoms with E-state index in [4.69, 9.17) is 10.5 Å². The van der Waals surface area contributed by atoms with Gasteiger partial charge in [-0.15, -0.1) is 0 Å². The van der Waals surface area contributed by atoms with Crippen LogP contribution in [0.2, 0.25) is 0 Å². The van der Waals surface area contributed by atoms with E-state index in [0.29, 0.717) is 30.3 Å². The van der Waals surface area contributed by atoms with Gasteiger partial charge in [0.2, 0.25) is 10.0 Å². The van der Waals surface area contributed by atoms with Gasteiger partial charge in [-0.25, -0.2) is 8.42 Å². The molecule has 1 saturated heterocycles. The number of nitrogens with two attached hydrogens (primary N) is 1. The van der Waals surface area contributed by atoms with Gasteiger partial charge in [0.15, 0.2) is 0 Å². The standard InChI is InChI=1S/C14H22N2O3S2/c1-19-12-3-5-13(6-4-12)21(17,18)16-9-7-14(11-15,20-2)8-10-16/h3-6H,7-11,15H2,1-2H3. The molecular formula is C14H22N2O3S2. The second-order valence-corrected chi connectivity index (χ2v) is 8.38. The van der Waals surface area contributed by atoms with Crippen molar-refractivity contribution < 1.29 is 13.2 Å². The molecule has 0 radical (unpaired) electrons. The fourth-order valence-electron chi connectivity index (χ4n) is 2.52. The van der Waals surface area contributed by atoms with E-state index in [1.54, 1.807) is 47.4 Å². The summed E-state index contributed by atoms with van der Waals surface area (Å²) in [5, 5.41) is 0. The lowest BCUT2D eigenvalue weighted by atomic mass is 9.97. The van der Waals surface area contributed by atoms with Crippen molar-refractivity contribution in [3.63, 3.8) is 0 Å². The molecule has 0 aliphatic carbocycles. The van der Waals surface area contributed by atoms with E-state index in [9.17, 15) is 8.42 Å². The van der Waals surface area contributed by atoms with Crippen LogP contribution >= 0.6 is 11.8 Å². The normalized spacial score (nSPS) is 19.4. The number of hydrogen-bond acceptors (Lipinski definition) is 5. The quantitative estimate of drug-likeness (QED) is 0.886. The average Bonchev–Trinajstić information content (AvgIpc) is 2.55. The van der Waals surface area contributed by atoms with Crippen molar-refractivity contribution in [3.05, 3.63) is 24.3 Å². The summed E-state index contributed by atoms with van der Waals surface area (Å²) >= 11 is 1.74. The van der Waals surface area contributed by atoms with Crippen molar-refractivity contribution in [2.45, 2.75) is 22.5 Å². The molecule has 1 aromatic rings. The molecule has 1 aliphatic heterocycles. The van der Waals surface area contributed by atoms with Crippen molar-refractivity contribution >= 4 is 21.8 Å². The molecule has 2 N–H and O–H groups in total. The first kappa shape index (κ1) is 16.6. The first-order chi connectivity index (χ1) is 9.97. The zero-order chi connectivity index (χ0) is 15.5. The third-order valence-electron chi connectivity index (χ3n) is 4.14. The lowest BCUT2D eigenvalue weighted by Gasteiger charge is -2.39. The van der Waals surface area contributed by atoms with Crippen molar-refractivity contribution in [1.82, 2.24) is 4.31 Å². The number of nitrogens with zero attached hydrogens (tertiary/aromatic N) is 1. The molecule has 0 spiro atoms. The zero-order valence-corrected chi connectivity index (χ0v) is 14.0. The summed E-state index contributed by atoms with van der Waals surface area (Å²) in [7, 11) is -1.87. The maximum Gasteiger partial charge on any atom is 0.243 e. The Hall–Kier alpha value is -0.760. The van der Waals surface area contributed by atoms with E-state index in [-0.39, 0.29) is 4.75 Å². The summed E-state index contributed by atoms with van der Waals surface area (Å²) in [4.78, 5) is 0.313. The van der Waals surface area contributed by atoms with Crippen LogP contribution in [0.4, 0.5) is 0 Å². The maximum atomic E-state index is 12.6. The van der Waals surface area contributed by atoms with Crippen molar-refractivity contribution in [2.24, 2.45) is 5.73 Å². The highest BCUT2D eigenvalue weighted by atomic mass is 32.2. The Labute approximate surface area is 130 Å². The Morgan fingerprint density at radius 2 is 1.86 bits per heavy atom. The minimum atomic E-state index is -3.43. The minimum Gasteiger partial charge on any atom is -0.497 e. The van der Waals surface area contributed by atoms with Gasteiger partial charge in [-0.1, -0.05) is 0 Å². The van der Waals surface area contributed by atoms with Crippen LogP contribution in [0.25, 0.3) is 0 Å². The van der Waals surface area contributed by atoms with Gasteiger partial charge >= 0.3 is 0 Å². The highest BCUT2D eigenvalue weighted by molar-refractivity contribution is 8.00. The molecule has 0 aromatic heterocycles. The number of rotatable bonds is 5. The summed E-state index contributed by atoms with van der Waals surface area (Å²) in [5.74, 6) is 0.650. The Morgan fingerprint density at radius 3 is 2.29 bits per heavy atom. The molecule has 21 heavy (non-hydrogen) atoms. The molecule has 0 saturated carbocycles. The number of methoxy groups -OCH3 is 1. The lowest BCUT2D eigenvalue weighted by molar-refractivity contribution is 0.301. The first-order valence-corrected chi connectivity index (χ1v) is 9.53. The van der Waals surface area contributed by atoms with E-state index in [2.05, 4.69) is 0 Å². The largest absolute Gasteiger partial charge is 0.497 e. The molecular weight excluding hydrogens is 308 g/mol. The summed E-state index contributed by atoms with van der Waals surface area (Å²) < 4.78 is 31.9. The fraction of sp³-hybridized carbons (Fsp3) is 0.571. The second kappa shape index (κ2) is 6.56. The van der Waals surface area contributed by atoms with Gasteiger partial charge in [0.05, 0.1) is 12.0 Å². The van der Waals surface area contributed by atoms with E-state index in [0.717, 1.165) is 12.8 Å². The molecule has 5 nitrogen and oxygen atoms in total. The Balaban J connectivity index is 2.14. The Morgan fingerprint density at radius 1 is 1.29 bits per heavy atom. The van der Waals surface area contributed by atoms with Gasteiger partial charge in [-0.05, 0) is 43.4 Å². The molecule has 1 aromatic carbocycles. The molecule has 1 aliphatic rings. The number of thioether (sulfide) groups is 1. The first-order valence-electron chi connectivity index (χ1n) is 6.87. The van der Waals surface area contributed by atoms with Gasteiger partial charge in [0, 0.05) is 24.4 Å². The summed E-state index contributed by atoms with van der Waals surface area (Å²) in [6.45, 7) is 1.63. The Bertz CT molecular complexity index is 558. The molecule has 1 fully saturated rings. The lowest BCUT2D eigenvalue weighted by Crippen LogP contribution is -2.48. The smallest absolute Gasteiger partial charge is 0.243 e. The fourth-order valence-corrected chi connectivity index (χ4v) is 4.72. The van der Waals surface area contributed by atoms with Crippen LogP contribution in [-0.2, 0) is 10.0 Å². The van der Waals surface area contributed by atoms with E-state index < -0.39 is 10.0 Å².